The van der Waals surface area contributed by atoms with Crippen LogP contribution in [0.4, 0.5) is 5.69 Å². The summed E-state index contributed by atoms with van der Waals surface area (Å²) in [4.78, 5) is 5.19. The number of aliphatic hydroxyl groups is 1. The largest absolute Gasteiger partial charge is 0.400 e. The minimum Gasteiger partial charge on any atom is -0.400 e. The van der Waals surface area contributed by atoms with Crippen LogP contribution in [0, 0.1) is 13.8 Å². The van der Waals surface area contributed by atoms with Gasteiger partial charge in [0.2, 0.25) is 0 Å². The number of aryl methyl sites for hydroxylation is 2. The van der Waals surface area contributed by atoms with Crippen molar-refractivity contribution in [2.24, 2.45) is 0 Å². The molecule has 1 saturated heterocycles. The average molecular weight is 330 g/mol. The zero-order chi connectivity index (χ0) is 16.7. The van der Waals surface area contributed by atoms with Crippen LogP contribution in [-0.2, 0) is 0 Å². The van der Waals surface area contributed by atoms with Crippen molar-refractivity contribution in [2.75, 3.05) is 38.2 Å². The Labute approximate surface area is 143 Å². The number of aliphatic hydroxyl groups excluding tert-OH is 1. The molecule has 124 valence electrons. The number of nitrogens with zero attached hydrogens (tertiary/aromatic N) is 1. The van der Waals surface area contributed by atoms with Crippen molar-refractivity contribution in [3.8, 4) is 0 Å². The third-order valence-electron chi connectivity index (χ3n) is 3.87. The third kappa shape index (κ3) is 4.74. The second-order valence-corrected chi connectivity index (χ2v) is 6.66. The molecule has 2 aromatic rings. The molecule has 3 rings (SSSR count). The zero-order valence-electron chi connectivity index (χ0n) is 14.2. The number of hydrogen-bond donors (Lipinski definition) is 2. The molecule has 0 bridgehead atoms. The van der Waals surface area contributed by atoms with Gasteiger partial charge in [0.05, 0.1) is 5.69 Å². The number of piperazine rings is 1. The molecule has 0 amide bonds. The van der Waals surface area contributed by atoms with Crippen LogP contribution in [-0.4, -0.2) is 38.4 Å². The summed E-state index contributed by atoms with van der Waals surface area (Å²) in [7, 11) is 1.00. The van der Waals surface area contributed by atoms with Crippen molar-refractivity contribution < 1.29 is 5.11 Å². The highest BCUT2D eigenvalue weighted by Crippen LogP contribution is 2.37. The fraction of sp³-hybridized carbons (Fsp3) is 0.368. The van der Waals surface area contributed by atoms with E-state index in [9.17, 15) is 0 Å². The highest BCUT2D eigenvalue weighted by Gasteiger charge is 2.14. The van der Waals surface area contributed by atoms with Crippen molar-refractivity contribution in [1.82, 2.24) is 5.32 Å². The number of benzene rings is 2. The minimum absolute atomic E-state index is 1.00. The smallest absolute Gasteiger partial charge is 0.0508 e. The first-order chi connectivity index (χ1) is 11.2. The van der Waals surface area contributed by atoms with Gasteiger partial charge >= 0.3 is 0 Å². The Hall–Kier alpha value is -1.49. The maximum absolute atomic E-state index is 7.00. The molecule has 23 heavy (non-hydrogen) atoms. The number of nitrogens with one attached hydrogen (secondary N) is 1. The monoisotopic (exact) mass is 330 g/mol. The fourth-order valence-electron chi connectivity index (χ4n) is 2.74. The van der Waals surface area contributed by atoms with Gasteiger partial charge in [-0.2, -0.15) is 0 Å². The summed E-state index contributed by atoms with van der Waals surface area (Å²) < 4.78 is 0. The van der Waals surface area contributed by atoms with E-state index in [1.807, 2.05) is 11.8 Å². The van der Waals surface area contributed by atoms with E-state index in [0.29, 0.717) is 0 Å². The summed E-state index contributed by atoms with van der Waals surface area (Å²) in [6.45, 7) is 8.67. The van der Waals surface area contributed by atoms with E-state index < -0.39 is 0 Å². The van der Waals surface area contributed by atoms with Crippen molar-refractivity contribution in [1.29, 1.82) is 0 Å². The van der Waals surface area contributed by atoms with Gasteiger partial charge in [-0.15, -0.1) is 0 Å². The first kappa shape index (κ1) is 17.9. The van der Waals surface area contributed by atoms with Crippen LogP contribution >= 0.6 is 11.8 Å². The molecule has 0 radical (unpaired) electrons. The van der Waals surface area contributed by atoms with E-state index in [4.69, 9.17) is 5.11 Å². The molecule has 2 aromatic carbocycles. The van der Waals surface area contributed by atoms with Crippen molar-refractivity contribution in [2.45, 2.75) is 23.6 Å². The molecule has 0 atom stereocenters. The predicted molar refractivity (Wildman–Crippen MR) is 99.7 cm³/mol. The highest BCUT2D eigenvalue weighted by molar-refractivity contribution is 7.99. The number of anilines is 1. The van der Waals surface area contributed by atoms with Gasteiger partial charge in [-0.3, -0.25) is 0 Å². The van der Waals surface area contributed by atoms with Crippen LogP contribution in [0.2, 0.25) is 0 Å². The molecule has 0 spiro atoms. The summed E-state index contributed by atoms with van der Waals surface area (Å²) in [5, 5.41) is 10.4. The number of hydrogen-bond acceptors (Lipinski definition) is 4. The Balaban J connectivity index is 0.000000924. The second-order valence-electron chi connectivity index (χ2n) is 5.58. The van der Waals surface area contributed by atoms with E-state index in [-0.39, 0.29) is 0 Å². The van der Waals surface area contributed by atoms with Crippen molar-refractivity contribution >= 4 is 17.4 Å². The van der Waals surface area contributed by atoms with Crippen LogP contribution in [0.25, 0.3) is 0 Å². The zero-order valence-corrected chi connectivity index (χ0v) is 15.0. The molecule has 0 saturated carbocycles. The Morgan fingerprint density at radius 2 is 1.65 bits per heavy atom. The topological polar surface area (TPSA) is 35.5 Å². The van der Waals surface area contributed by atoms with Gasteiger partial charge < -0.3 is 15.3 Å². The summed E-state index contributed by atoms with van der Waals surface area (Å²) in [6, 6.07) is 15.5. The highest BCUT2D eigenvalue weighted by atomic mass is 32.2. The predicted octanol–water partition coefficient (Wildman–Crippen LogP) is 3.47. The van der Waals surface area contributed by atoms with Gasteiger partial charge in [-0.25, -0.2) is 0 Å². The van der Waals surface area contributed by atoms with Crippen LogP contribution in [0.5, 0.6) is 0 Å². The molecular weight excluding hydrogens is 304 g/mol. The molecule has 1 aliphatic heterocycles. The molecule has 3 nitrogen and oxygen atoms in total. The summed E-state index contributed by atoms with van der Waals surface area (Å²) in [5.41, 5.74) is 4.05. The molecule has 1 fully saturated rings. The van der Waals surface area contributed by atoms with E-state index in [0.717, 1.165) is 33.3 Å². The van der Waals surface area contributed by atoms with Gasteiger partial charge in [-0.1, -0.05) is 41.6 Å². The third-order valence-corrected chi connectivity index (χ3v) is 5.12. The minimum atomic E-state index is 1.00. The lowest BCUT2D eigenvalue weighted by Crippen LogP contribution is -2.43. The Kier molecular flexibility index (Phi) is 6.96. The van der Waals surface area contributed by atoms with Gasteiger partial charge in [0.25, 0.3) is 0 Å². The van der Waals surface area contributed by atoms with E-state index >= 15 is 0 Å². The molecule has 0 aromatic heterocycles. The molecule has 0 unspecified atom stereocenters. The normalized spacial score (nSPS) is 14.2. The Bertz CT molecular complexity index is 625. The summed E-state index contributed by atoms with van der Waals surface area (Å²) >= 11 is 1.88. The second kappa shape index (κ2) is 8.96. The average Bonchev–Trinajstić information content (AvgIpc) is 2.60. The van der Waals surface area contributed by atoms with E-state index in [1.54, 1.807) is 0 Å². The lowest BCUT2D eigenvalue weighted by Gasteiger charge is -2.31. The molecular formula is C19H26N2OS. The molecule has 1 heterocycles. The van der Waals surface area contributed by atoms with Gasteiger partial charge in [0, 0.05) is 43.1 Å². The lowest BCUT2D eigenvalue weighted by molar-refractivity contribution is 0.399. The maximum Gasteiger partial charge on any atom is 0.0508 e. The quantitative estimate of drug-likeness (QED) is 0.903. The van der Waals surface area contributed by atoms with E-state index in [1.165, 1.54) is 26.6 Å². The van der Waals surface area contributed by atoms with Crippen LogP contribution in [0.1, 0.15) is 11.1 Å². The Morgan fingerprint density at radius 3 is 2.35 bits per heavy atom. The first-order valence-electron chi connectivity index (χ1n) is 7.98. The van der Waals surface area contributed by atoms with Crippen LogP contribution in [0.15, 0.2) is 52.3 Å². The molecule has 2 N–H and O–H groups in total. The summed E-state index contributed by atoms with van der Waals surface area (Å²) in [5.74, 6) is 0. The molecule has 4 heteroatoms. The fourth-order valence-corrected chi connectivity index (χ4v) is 3.78. The van der Waals surface area contributed by atoms with Gasteiger partial charge in [0.1, 0.15) is 0 Å². The number of rotatable bonds is 3. The Morgan fingerprint density at radius 1 is 0.957 bits per heavy atom. The van der Waals surface area contributed by atoms with Crippen LogP contribution < -0.4 is 10.2 Å². The summed E-state index contributed by atoms with van der Waals surface area (Å²) in [6.07, 6.45) is 0. The number of para-hydroxylation sites is 1. The van der Waals surface area contributed by atoms with E-state index in [2.05, 4.69) is 66.5 Å². The lowest BCUT2D eigenvalue weighted by atomic mass is 10.2. The van der Waals surface area contributed by atoms with Crippen molar-refractivity contribution in [3.63, 3.8) is 0 Å². The molecule has 0 aliphatic carbocycles. The SMILES string of the molecule is CO.Cc1ccc(Sc2ccccc2N2CCNCC2)c(C)c1. The van der Waals surface area contributed by atoms with Gasteiger partial charge in [0.15, 0.2) is 0 Å². The molecule has 1 aliphatic rings. The van der Waals surface area contributed by atoms with Gasteiger partial charge in [-0.05, 0) is 37.6 Å². The maximum atomic E-state index is 7.00. The van der Waals surface area contributed by atoms with Crippen LogP contribution in [0.3, 0.4) is 0 Å². The standard InChI is InChI=1S/C18H22N2S.CH4O/c1-14-7-8-17(15(2)13-14)21-18-6-4-3-5-16(18)20-11-9-19-10-12-20;1-2/h3-8,13,19H,9-12H2,1-2H3;2H,1H3. The van der Waals surface area contributed by atoms with Crippen molar-refractivity contribution in [3.05, 3.63) is 53.6 Å². The first-order valence-corrected chi connectivity index (χ1v) is 8.80.